The van der Waals surface area contributed by atoms with Gasteiger partial charge in [-0.05, 0) is 57.5 Å². The monoisotopic (exact) mass is 590 g/mol. The van der Waals surface area contributed by atoms with E-state index in [2.05, 4.69) is 15.0 Å². The number of nitrogens with zero attached hydrogens (tertiary/aromatic N) is 2. The third-order valence-corrected chi connectivity index (χ3v) is 7.44. The van der Waals surface area contributed by atoms with Crippen molar-refractivity contribution in [2.45, 2.75) is 44.7 Å². The highest BCUT2D eigenvalue weighted by Crippen LogP contribution is 2.35. The van der Waals surface area contributed by atoms with E-state index in [1.54, 1.807) is 45.2 Å². The summed E-state index contributed by atoms with van der Waals surface area (Å²) < 4.78 is 33.7. The van der Waals surface area contributed by atoms with Crippen molar-refractivity contribution in [2.75, 3.05) is 0 Å². The molecule has 10 heteroatoms. The summed E-state index contributed by atoms with van der Waals surface area (Å²) in [4.78, 5) is 21.7. The molecule has 1 heterocycles. The van der Waals surface area contributed by atoms with Crippen LogP contribution < -0.4 is 10.0 Å². The first kappa shape index (κ1) is 29.8. The highest BCUT2D eigenvalue weighted by molar-refractivity contribution is 7.90. The molecule has 0 saturated carbocycles. The first-order chi connectivity index (χ1) is 19.4. The molecular formula is C31H31ClN4O4S. The van der Waals surface area contributed by atoms with Crippen LogP contribution in [0.2, 0.25) is 5.02 Å². The molecular weight excluding hydrogens is 560 g/mol. The van der Waals surface area contributed by atoms with Gasteiger partial charge >= 0.3 is 6.09 Å². The number of aromatic nitrogens is 1. The number of pyridine rings is 1. The fourth-order valence-corrected chi connectivity index (χ4v) is 5.12. The zero-order valence-corrected chi connectivity index (χ0v) is 24.8. The Hall–Kier alpha value is -4.21. The third-order valence-electron chi connectivity index (χ3n) is 5.76. The number of carbonyl (C=O) groups is 1. The molecule has 0 radical (unpaired) electrons. The molecule has 0 aliphatic rings. The zero-order valence-electron chi connectivity index (χ0n) is 23.2. The van der Waals surface area contributed by atoms with E-state index >= 15 is 0 Å². The maximum atomic E-state index is 13.0. The van der Waals surface area contributed by atoms with Gasteiger partial charge in [-0.2, -0.15) is 0 Å². The number of halogens is 1. The Bertz CT molecular complexity index is 1670. The second kappa shape index (κ2) is 12.5. The maximum Gasteiger partial charge on any atom is 0.414 e. The standard InChI is InChI=1S/C31H31ClN4O4S/c1-21-14-16-23(17-15-21)28-26(25-12-8-9-13-27(25)32)18-22(19-33-28)20-34-29(35-30(37)40-31(2,3)4)36-41(38,39)24-10-6-5-7-11-24/h5-19H,20H2,1-4H3,(H2,34,35,36,37). The first-order valence-corrected chi connectivity index (χ1v) is 14.7. The lowest BCUT2D eigenvalue weighted by molar-refractivity contribution is 0.0562. The summed E-state index contributed by atoms with van der Waals surface area (Å²) in [5, 5.41) is 2.99. The van der Waals surface area contributed by atoms with Crippen molar-refractivity contribution in [3.05, 3.63) is 107 Å². The van der Waals surface area contributed by atoms with E-state index in [9.17, 15) is 13.2 Å². The highest BCUT2D eigenvalue weighted by Gasteiger charge is 2.21. The summed E-state index contributed by atoms with van der Waals surface area (Å²) in [6, 6.07) is 25.2. The van der Waals surface area contributed by atoms with Crippen LogP contribution in [0.5, 0.6) is 0 Å². The number of guanidine groups is 1. The third kappa shape index (κ3) is 8.15. The van der Waals surface area contributed by atoms with Crippen LogP contribution in [-0.2, 0) is 21.3 Å². The van der Waals surface area contributed by atoms with Crippen molar-refractivity contribution < 1.29 is 17.9 Å². The molecule has 1 amide bonds. The van der Waals surface area contributed by atoms with Crippen LogP contribution in [0, 0.1) is 6.92 Å². The molecule has 4 rings (SSSR count). The van der Waals surface area contributed by atoms with Gasteiger partial charge in [-0.1, -0.05) is 77.8 Å². The van der Waals surface area contributed by atoms with Gasteiger partial charge in [-0.15, -0.1) is 0 Å². The van der Waals surface area contributed by atoms with E-state index < -0.39 is 21.7 Å². The number of carbonyl (C=O) groups excluding carboxylic acids is 1. The van der Waals surface area contributed by atoms with Gasteiger partial charge in [-0.3, -0.25) is 10.3 Å². The summed E-state index contributed by atoms with van der Waals surface area (Å²) in [5.41, 5.74) is 4.23. The minimum absolute atomic E-state index is 0.00106. The maximum absolute atomic E-state index is 13.0. The summed E-state index contributed by atoms with van der Waals surface area (Å²) >= 11 is 6.57. The SMILES string of the molecule is Cc1ccc(-c2ncc(CN=C(NC(=O)OC(C)(C)C)NS(=O)(=O)c3ccccc3)cc2-c2ccccc2Cl)cc1. The van der Waals surface area contributed by atoms with E-state index in [0.29, 0.717) is 10.6 Å². The van der Waals surface area contributed by atoms with Crippen LogP contribution in [0.4, 0.5) is 4.79 Å². The first-order valence-electron chi connectivity index (χ1n) is 12.8. The minimum atomic E-state index is -4.04. The van der Waals surface area contributed by atoms with Crippen molar-refractivity contribution in [1.82, 2.24) is 15.0 Å². The Morgan fingerprint density at radius 1 is 0.951 bits per heavy atom. The topological polar surface area (TPSA) is 110 Å². The summed E-state index contributed by atoms with van der Waals surface area (Å²) in [6.45, 7) is 7.13. The van der Waals surface area contributed by atoms with Gasteiger partial charge in [0.1, 0.15) is 5.60 Å². The number of hydrogen-bond acceptors (Lipinski definition) is 6. The van der Waals surface area contributed by atoms with Crippen LogP contribution in [0.25, 0.3) is 22.4 Å². The lowest BCUT2D eigenvalue weighted by Gasteiger charge is -2.20. The molecule has 0 saturated heterocycles. The lowest BCUT2D eigenvalue weighted by atomic mass is 9.97. The fraction of sp³-hybridized carbons (Fsp3) is 0.194. The molecule has 0 aliphatic heterocycles. The van der Waals surface area contributed by atoms with Gasteiger partial charge in [0.05, 0.1) is 17.1 Å². The number of amides is 1. The highest BCUT2D eigenvalue weighted by atomic mass is 35.5. The Kier molecular flexibility index (Phi) is 9.10. The molecule has 0 aliphatic carbocycles. The van der Waals surface area contributed by atoms with Crippen LogP contribution in [0.15, 0.2) is 101 Å². The number of hydrogen-bond donors (Lipinski definition) is 2. The van der Waals surface area contributed by atoms with Gasteiger partial charge in [0.25, 0.3) is 10.0 Å². The van der Waals surface area contributed by atoms with E-state index in [-0.39, 0.29) is 17.4 Å². The number of ether oxygens (including phenoxy) is 1. The predicted octanol–water partition coefficient (Wildman–Crippen LogP) is 6.74. The minimum Gasteiger partial charge on any atom is -0.444 e. The quantitative estimate of drug-likeness (QED) is 0.191. The zero-order chi connectivity index (χ0) is 29.6. The molecule has 2 N–H and O–H groups in total. The van der Waals surface area contributed by atoms with Gasteiger partial charge < -0.3 is 4.74 Å². The molecule has 0 unspecified atom stereocenters. The van der Waals surface area contributed by atoms with Crippen molar-refractivity contribution in [3.63, 3.8) is 0 Å². The molecule has 4 aromatic rings. The second-order valence-electron chi connectivity index (χ2n) is 10.3. The van der Waals surface area contributed by atoms with Gasteiger partial charge in [-0.25, -0.2) is 22.9 Å². The van der Waals surface area contributed by atoms with Gasteiger partial charge in [0.15, 0.2) is 0 Å². The fourth-order valence-electron chi connectivity index (χ4n) is 3.87. The molecule has 3 aromatic carbocycles. The average molecular weight is 591 g/mol. The van der Waals surface area contributed by atoms with Crippen molar-refractivity contribution in [2.24, 2.45) is 4.99 Å². The van der Waals surface area contributed by atoms with Crippen LogP contribution in [-0.4, -0.2) is 31.1 Å². The van der Waals surface area contributed by atoms with Crippen molar-refractivity contribution in [3.8, 4) is 22.4 Å². The van der Waals surface area contributed by atoms with Gasteiger partial charge in [0.2, 0.25) is 5.96 Å². The largest absolute Gasteiger partial charge is 0.444 e. The van der Waals surface area contributed by atoms with Crippen LogP contribution >= 0.6 is 11.6 Å². The molecule has 0 spiro atoms. The number of alkyl carbamates (subject to hydrolysis) is 1. The molecule has 41 heavy (non-hydrogen) atoms. The Labute approximate surface area is 245 Å². The molecule has 212 valence electrons. The molecule has 8 nitrogen and oxygen atoms in total. The molecule has 1 aromatic heterocycles. The van der Waals surface area contributed by atoms with Gasteiger partial charge in [0, 0.05) is 27.9 Å². The predicted molar refractivity (Wildman–Crippen MR) is 162 cm³/mol. The lowest BCUT2D eigenvalue weighted by Crippen LogP contribution is -2.45. The van der Waals surface area contributed by atoms with Crippen LogP contribution in [0.1, 0.15) is 31.9 Å². The molecule has 0 atom stereocenters. The number of aliphatic imine (C=N–C) groups is 1. The number of nitrogens with one attached hydrogen (secondary N) is 2. The summed E-state index contributed by atoms with van der Waals surface area (Å²) in [5.74, 6) is -0.287. The van der Waals surface area contributed by atoms with E-state index in [4.69, 9.17) is 21.3 Å². The second-order valence-corrected chi connectivity index (χ2v) is 12.4. The number of rotatable bonds is 6. The van der Waals surface area contributed by atoms with Crippen LogP contribution in [0.3, 0.4) is 0 Å². The van der Waals surface area contributed by atoms with Crippen molar-refractivity contribution in [1.29, 1.82) is 0 Å². The normalized spacial score (nSPS) is 12.1. The molecule has 0 bridgehead atoms. The Balaban J connectivity index is 1.71. The Morgan fingerprint density at radius 2 is 1.61 bits per heavy atom. The van der Waals surface area contributed by atoms with Crippen molar-refractivity contribution >= 4 is 33.7 Å². The number of benzene rings is 3. The smallest absolute Gasteiger partial charge is 0.414 e. The summed E-state index contributed by atoms with van der Waals surface area (Å²) in [6.07, 6.45) is 0.812. The van der Waals surface area contributed by atoms with E-state index in [1.165, 1.54) is 12.1 Å². The summed E-state index contributed by atoms with van der Waals surface area (Å²) in [7, 11) is -4.04. The Morgan fingerprint density at radius 3 is 2.27 bits per heavy atom. The average Bonchev–Trinajstić information content (AvgIpc) is 2.92. The molecule has 0 fully saturated rings. The number of aryl methyl sites for hydroxylation is 1. The van der Waals surface area contributed by atoms with E-state index in [1.807, 2.05) is 61.5 Å². The number of sulfonamides is 1. The van der Waals surface area contributed by atoms with E-state index in [0.717, 1.165) is 27.9 Å².